The molecule has 3 N–H and O–H groups in total. The van der Waals surface area contributed by atoms with Crippen molar-refractivity contribution in [2.24, 2.45) is 11.1 Å². The van der Waals surface area contributed by atoms with E-state index in [1.165, 1.54) is 7.11 Å². The lowest BCUT2D eigenvalue weighted by molar-refractivity contribution is -0.144. The lowest BCUT2D eigenvalue weighted by Crippen LogP contribution is -2.39. The van der Waals surface area contributed by atoms with E-state index < -0.39 is 12.0 Å². The third-order valence-corrected chi connectivity index (χ3v) is 2.78. The van der Waals surface area contributed by atoms with E-state index in [1.54, 1.807) is 6.92 Å². The molecule has 0 heterocycles. The predicted molar refractivity (Wildman–Crippen MR) is 66.3 cm³/mol. The molecule has 0 aliphatic carbocycles. The molecule has 0 aromatic rings. The first-order valence-corrected chi connectivity index (χ1v) is 5.89. The number of hydrogen-bond acceptors (Lipinski definition) is 4. The van der Waals surface area contributed by atoms with Crippen molar-refractivity contribution in [1.82, 2.24) is 5.32 Å². The monoisotopic (exact) mass is 244 g/mol. The van der Waals surface area contributed by atoms with Crippen LogP contribution in [0, 0.1) is 5.41 Å². The van der Waals surface area contributed by atoms with Crippen LogP contribution in [0.25, 0.3) is 0 Å². The summed E-state index contributed by atoms with van der Waals surface area (Å²) in [6.45, 7) is 6.38. The zero-order chi connectivity index (χ0) is 13.5. The van der Waals surface area contributed by atoms with Crippen molar-refractivity contribution in [3.63, 3.8) is 0 Å². The molecule has 0 aromatic heterocycles. The Bertz CT molecular complexity index is 264. The number of methoxy groups -OCH3 is 1. The molecule has 1 atom stereocenters. The highest BCUT2D eigenvalue weighted by Gasteiger charge is 2.20. The van der Waals surface area contributed by atoms with Crippen molar-refractivity contribution in [2.45, 2.75) is 46.1 Å². The highest BCUT2D eigenvalue weighted by molar-refractivity contribution is 5.84. The van der Waals surface area contributed by atoms with Crippen molar-refractivity contribution < 1.29 is 14.3 Å². The maximum Gasteiger partial charge on any atom is 0.328 e. The molecule has 17 heavy (non-hydrogen) atoms. The van der Waals surface area contributed by atoms with Gasteiger partial charge in [0.15, 0.2) is 0 Å². The summed E-state index contributed by atoms with van der Waals surface area (Å²) in [6, 6.07) is -0.592. The number of esters is 1. The Balaban J connectivity index is 3.99. The Morgan fingerprint density at radius 1 is 1.35 bits per heavy atom. The zero-order valence-corrected chi connectivity index (χ0v) is 11.2. The van der Waals surface area contributed by atoms with Crippen LogP contribution in [0.15, 0.2) is 0 Å². The van der Waals surface area contributed by atoms with Gasteiger partial charge in [-0.2, -0.15) is 0 Å². The summed E-state index contributed by atoms with van der Waals surface area (Å²) in [7, 11) is 1.30. The van der Waals surface area contributed by atoms with Gasteiger partial charge in [-0.05, 0) is 31.7 Å². The normalized spacial score (nSPS) is 13.0. The van der Waals surface area contributed by atoms with Crippen molar-refractivity contribution >= 4 is 11.9 Å². The van der Waals surface area contributed by atoms with Gasteiger partial charge in [-0.25, -0.2) is 4.79 Å². The molecule has 5 heteroatoms. The first-order valence-electron chi connectivity index (χ1n) is 5.89. The minimum Gasteiger partial charge on any atom is -0.467 e. The third kappa shape index (κ3) is 6.94. The van der Waals surface area contributed by atoms with E-state index in [2.05, 4.69) is 23.9 Å². The summed E-state index contributed by atoms with van der Waals surface area (Å²) in [5, 5.41) is 2.60. The average molecular weight is 244 g/mol. The highest BCUT2D eigenvalue weighted by Crippen LogP contribution is 2.25. The van der Waals surface area contributed by atoms with E-state index >= 15 is 0 Å². The van der Waals surface area contributed by atoms with Crippen LogP contribution in [-0.2, 0) is 14.3 Å². The first kappa shape index (κ1) is 15.9. The lowest BCUT2D eigenvalue weighted by atomic mass is 9.84. The molecule has 5 nitrogen and oxygen atoms in total. The third-order valence-electron chi connectivity index (χ3n) is 2.78. The van der Waals surface area contributed by atoms with Gasteiger partial charge in [0.05, 0.1) is 7.11 Å². The predicted octanol–water partition coefficient (Wildman–Crippen LogP) is 0.819. The van der Waals surface area contributed by atoms with Crippen molar-refractivity contribution in [2.75, 3.05) is 13.7 Å². The molecule has 0 saturated carbocycles. The van der Waals surface area contributed by atoms with Gasteiger partial charge in [0.25, 0.3) is 0 Å². The summed E-state index contributed by atoms with van der Waals surface area (Å²) >= 11 is 0. The van der Waals surface area contributed by atoms with Crippen molar-refractivity contribution in [3.05, 3.63) is 0 Å². The Hall–Kier alpha value is -1.10. The molecule has 0 unspecified atom stereocenters. The summed E-state index contributed by atoms with van der Waals surface area (Å²) in [5.74, 6) is -0.562. The van der Waals surface area contributed by atoms with E-state index in [4.69, 9.17) is 5.73 Å². The fraction of sp³-hybridized carbons (Fsp3) is 0.833. The second-order valence-corrected chi connectivity index (χ2v) is 5.02. The van der Waals surface area contributed by atoms with E-state index in [9.17, 15) is 9.59 Å². The highest BCUT2D eigenvalue weighted by atomic mass is 16.5. The Kier molecular flexibility index (Phi) is 6.80. The molecule has 0 aromatic carbocycles. The van der Waals surface area contributed by atoms with Gasteiger partial charge >= 0.3 is 5.97 Å². The maximum atomic E-state index is 11.6. The summed E-state index contributed by atoms with van der Waals surface area (Å²) in [6.07, 6.45) is 2.03. The Morgan fingerprint density at radius 2 is 1.94 bits per heavy atom. The van der Waals surface area contributed by atoms with Crippen LogP contribution in [0.4, 0.5) is 0 Å². The van der Waals surface area contributed by atoms with Crippen LogP contribution in [0.1, 0.15) is 40.0 Å². The first-order chi connectivity index (χ1) is 7.82. The van der Waals surface area contributed by atoms with Crippen LogP contribution < -0.4 is 11.1 Å². The van der Waals surface area contributed by atoms with Crippen molar-refractivity contribution in [1.29, 1.82) is 0 Å². The number of nitrogens with one attached hydrogen (secondary N) is 1. The van der Waals surface area contributed by atoms with Gasteiger partial charge in [0.1, 0.15) is 6.04 Å². The summed E-state index contributed by atoms with van der Waals surface area (Å²) in [4.78, 5) is 22.7. The molecule has 0 bridgehead atoms. The minimum absolute atomic E-state index is 0.0561. The molecular weight excluding hydrogens is 220 g/mol. The number of nitrogens with two attached hydrogens (primary N) is 1. The largest absolute Gasteiger partial charge is 0.467 e. The van der Waals surface area contributed by atoms with Gasteiger partial charge in [0.2, 0.25) is 5.91 Å². The van der Waals surface area contributed by atoms with Gasteiger partial charge in [-0.3, -0.25) is 4.79 Å². The van der Waals surface area contributed by atoms with E-state index in [0.29, 0.717) is 13.0 Å². The number of rotatable bonds is 7. The quantitative estimate of drug-likeness (QED) is 0.650. The molecule has 0 spiro atoms. The van der Waals surface area contributed by atoms with Gasteiger partial charge in [-0.1, -0.05) is 13.8 Å². The fourth-order valence-electron chi connectivity index (χ4n) is 1.52. The molecule has 0 radical (unpaired) electrons. The van der Waals surface area contributed by atoms with Crippen LogP contribution in [-0.4, -0.2) is 31.6 Å². The molecular formula is C12H24N2O3. The molecule has 0 rings (SSSR count). The van der Waals surface area contributed by atoms with Gasteiger partial charge in [0, 0.05) is 6.42 Å². The molecule has 0 saturated heterocycles. The van der Waals surface area contributed by atoms with E-state index in [0.717, 1.165) is 12.8 Å². The lowest BCUT2D eigenvalue weighted by Gasteiger charge is -2.23. The molecule has 1 amide bonds. The average Bonchev–Trinajstić information content (AvgIpc) is 2.25. The van der Waals surface area contributed by atoms with Crippen LogP contribution in [0.2, 0.25) is 0 Å². The van der Waals surface area contributed by atoms with E-state index in [1.807, 2.05) is 0 Å². The molecule has 0 fully saturated rings. The van der Waals surface area contributed by atoms with Crippen LogP contribution >= 0.6 is 0 Å². The van der Waals surface area contributed by atoms with Crippen LogP contribution in [0.5, 0.6) is 0 Å². The zero-order valence-electron chi connectivity index (χ0n) is 11.2. The Labute approximate surface area is 103 Å². The number of hydrogen-bond donors (Lipinski definition) is 2. The van der Waals surface area contributed by atoms with Crippen molar-refractivity contribution in [3.8, 4) is 0 Å². The fourth-order valence-corrected chi connectivity index (χ4v) is 1.52. The van der Waals surface area contributed by atoms with E-state index in [-0.39, 0.29) is 11.3 Å². The smallest absolute Gasteiger partial charge is 0.328 e. The topological polar surface area (TPSA) is 81.4 Å². The second kappa shape index (κ2) is 7.27. The number of carbonyl (C=O) groups is 2. The molecule has 0 aliphatic rings. The van der Waals surface area contributed by atoms with Gasteiger partial charge in [-0.15, -0.1) is 0 Å². The SMILES string of the molecule is COC(=O)[C@H](C)NC(=O)CCC(C)(C)CCN. The Morgan fingerprint density at radius 3 is 2.41 bits per heavy atom. The van der Waals surface area contributed by atoms with Gasteiger partial charge < -0.3 is 15.8 Å². The molecule has 100 valence electrons. The number of ether oxygens (including phenoxy) is 1. The summed E-state index contributed by atoms with van der Waals surface area (Å²) in [5.41, 5.74) is 5.55. The molecule has 0 aliphatic heterocycles. The number of carbonyl (C=O) groups excluding carboxylic acids is 2. The minimum atomic E-state index is -0.592. The van der Waals surface area contributed by atoms with Crippen LogP contribution in [0.3, 0.4) is 0 Å². The second-order valence-electron chi connectivity index (χ2n) is 5.02. The summed E-state index contributed by atoms with van der Waals surface area (Å²) < 4.78 is 4.53. The number of amides is 1. The standard InChI is InChI=1S/C12H24N2O3/c1-9(11(16)17-4)14-10(15)5-6-12(2,3)7-8-13/h9H,5-8,13H2,1-4H3,(H,14,15)/t9-/m0/s1. The maximum absolute atomic E-state index is 11.6.